The van der Waals surface area contributed by atoms with Gasteiger partial charge in [0.15, 0.2) is 0 Å². The molecule has 0 bridgehead atoms. The zero-order valence-electron chi connectivity index (χ0n) is 40.3. The first-order valence-electron chi connectivity index (χ1n) is 22.0. The minimum Gasteiger partial charge on any atom is -0.417 e. The van der Waals surface area contributed by atoms with Crippen molar-refractivity contribution in [1.29, 1.82) is 0 Å². The van der Waals surface area contributed by atoms with Crippen molar-refractivity contribution in [2.45, 2.75) is 129 Å². The highest BCUT2D eigenvalue weighted by Crippen LogP contribution is 2.53. The molecule has 0 N–H and O–H groups in total. The summed E-state index contributed by atoms with van der Waals surface area (Å²) < 4.78 is 41.3. The van der Waals surface area contributed by atoms with Crippen LogP contribution in [0.25, 0.3) is 11.1 Å². The van der Waals surface area contributed by atoms with E-state index in [0.717, 1.165) is 107 Å². The SMILES string of the molecule is Cc1ccc(OP(OCc2c(C(C)C)cc(C)c(C)c2-c2c(C)c(C)cc(C(C)C)c2OP(Oc2ccc(C)cc2C)Oc2ccc(C)cc2C)Oc2ccc(C)cc2C)c(C)c1. The van der Waals surface area contributed by atoms with Crippen LogP contribution in [0.2, 0.25) is 0 Å². The normalized spacial score (nSPS) is 11.6. The highest BCUT2D eigenvalue weighted by Gasteiger charge is 2.31. The molecule has 0 aromatic heterocycles. The molecular weight excluding hydrogens is 819 g/mol. The average Bonchev–Trinajstić information content (AvgIpc) is 3.20. The number of aryl methyl sites for hydroxylation is 10. The monoisotopic (exact) mass is 884 g/mol. The minimum absolute atomic E-state index is 0.122. The molecule has 0 aliphatic heterocycles. The lowest BCUT2D eigenvalue weighted by molar-refractivity contribution is 0.254. The number of hydrogen-bond donors (Lipinski definition) is 0. The van der Waals surface area contributed by atoms with Crippen LogP contribution in [-0.2, 0) is 11.1 Å². The first kappa shape index (κ1) is 47.6. The molecule has 0 aliphatic rings. The van der Waals surface area contributed by atoms with Gasteiger partial charge in [-0.3, -0.25) is 4.52 Å². The van der Waals surface area contributed by atoms with E-state index in [9.17, 15) is 0 Å². The average molecular weight is 885 g/mol. The van der Waals surface area contributed by atoms with E-state index in [0.29, 0.717) is 0 Å². The van der Waals surface area contributed by atoms with Gasteiger partial charge in [-0.2, -0.15) is 0 Å². The summed E-state index contributed by atoms with van der Waals surface area (Å²) in [6, 6.07) is 29.3. The Morgan fingerprint density at radius 2 is 0.730 bits per heavy atom. The summed E-state index contributed by atoms with van der Waals surface area (Å²) in [6.45, 7) is 34.5. The van der Waals surface area contributed by atoms with Gasteiger partial charge in [0.2, 0.25) is 0 Å². The van der Waals surface area contributed by atoms with Crippen LogP contribution >= 0.6 is 17.2 Å². The molecule has 0 unspecified atom stereocenters. The van der Waals surface area contributed by atoms with Crippen LogP contribution in [0.4, 0.5) is 0 Å². The molecule has 0 amide bonds. The van der Waals surface area contributed by atoms with Crippen LogP contribution in [0.15, 0.2) is 84.9 Å². The molecule has 8 heteroatoms. The topological polar surface area (TPSA) is 55.4 Å². The lowest BCUT2D eigenvalue weighted by Crippen LogP contribution is -2.11. The standard InChI is InChI=1S/C55H66O6P2/c1-32(2)46-29-38(9)44(15)53(48(46)31-56-62(57-49-21-17-34(5)25-40(49)11)58-50-22-18-35(6)26-41(50)12)54-45(16)39(10)30-47(33(3)4)55(54)61-63(59-51-23-19-36(7)27-42(51)13)60-52-24-20-37(8)28-43(52)14/h17-30,32-33H,31H2,1-16H3. The second kappa shape index (κ2) is 20.3. The summed E-state index contributed by atoms with van der Waals surface area (Å²) in [5, 5.41) is 0. The van der Waals surface area contributed by atoms with Crippen molar-refractivity contribution in [3.63, 3.8) is 0 Å². The molecule has 0 atom stereocenters. The lowest BCUT2D eigenvalue weighted by atomic mass is 9.81. The van der Waals surface area contributed by atoms with Crippen molar-refractivity contribution in [3.05, 3.63) is 168 Å². The molecule has 0 fully saturated rings. The van der Waals surface area contributed by atoms with Gasteiger partial charge in [0.25, 0.3) is 0 Å². The Morgan fingerprint density at radius 1 is 0.381 bits per heavy atom. The van der Waals surface area contributed by atoms with Crippen molar-refractivity contribution >= 4 is 17.2 Å². The fourth-order valence-electron chi connectivity index (χ4n) is 8.00. The second-order valence-corrected chi connectivity index (χ2v) is 20.0. The Balaban J connectivity index is 1.53. The van der Waals surface area contributed by atoms with E-state index in [1.165, 1.54) is 16.7 Å². The molecule has 0 heterocycles. The predicted molar refractivity (Wildman–Crippen MR) is 264 cm³/mol. The third-order valence-electron chi connectivity index (χ3n) is 11.8. The van der Waals surface area contributed by atoms with Crippen molar-refractivity contribution in [2.24, 2.45) is 0 Å². The Kier molecular flexibility index (Phi) is 15.4. The van der Waals surface area contributed by atoms with Crippen LogP contribution in [0, 0.1) is 83.1 Å². The number of hydrogen-bond acceptors (Lipinski definition) is 6. The second-order valence-electron chi connectivity index (χ2n) is 17.9. The third-order valence-corrected chi connectivity index (χ3v) is 13.9. The maximum absolute atomic E-state index is 7.32. The quantitative estimate of drug-likeness (QED) is 0.0903. The Labute approximate surface area is 380 Å². The van der Waals surface area contributed by atoms with Crippen LogP contribution < -0.4 is 22.6 Å². The third kappa shape index (κ3) is 11.3. The van der Waals surface area contributed by atoms with E-state index in [-0.39, 0.29) is 18.4 Å². The van der Waals surface area contributed by atoms with Crippen molar-refractivity contribution < 1.29 is 27.1 Å². The molecule has 6 rings (SSSR count). The van der Waals surface area contributed by atoms with Gasteiger partial charge in [-0.05, 0) is 186 Å². The summed E-state index contributed by atoms with van der Waals surface area (Å²) in [5.41, 5.74) is 18.8. The molecule has 6 nitrogen and oxygen atoms in total. The first-order valence-corrected chi connectivity index (χ1v) is 24.2. The summed E-state index contributed by atoms with van der Waals surface area (Å²) in [6.07, 6.45) is 0. The van der Waals surface area contributed by atoms with Crippen LogP contribution in [0.1, 0.15) is 123 Å². The molecule has 0 spiro atoms. The van der Waals surface area contributed by atoms with Gasteiger partial charge in [-0.25, -0.2) is 0 Å². The van der Waals surface area contributed by atoms with Gasteiger partial charge >= 0.3 is 17.2 Å². The molecule has 0 radical (unpaired) electrons. The van der Waals surface area contributed by atoms with Crippen molar-refractivity contribution in [3.8, 4) is 39.9 Å². The predicted octanol–water partition coefficient (Wildman–Crippen LogP) is 17.0. The Morgan fingerprint density at radius 3 is 1.10 bits per heavy atom. The maximum atomic E-state index is 7.32. The fraction of sp³-hybridized carbons (Fsp3) is 0.345. The van der Waals surface area contributed by atoms with Crippen molar-refractivity contribution in [1.82, 2.24) is 0 Å². The first-order chi connectivity index (χ1) is 29.8. The van der Waals surface area contributed by atoms with E-state index >= 15 is 0 Å². The molecule has 0 saturated carbocycles. The van der Waals surface area contributed by atoms with Crippen molar-refractivity contribution in [2.75, 3.05) is 0 Å². The molecule has 0 saturated heterocycles. The molecule has 0 aliphatic carbocycles. The highest BCUT2D eigenvalue weighted by molar-refractivity contribution is 7.43. The van der Waals surface area contributed by atoms with Gasteiger partial charge in [-0.15, -0.1) is 0 Å². The molecule has 332 valence electrons. The Bertz CT molecular complexity index is 2500. The van der Waals surface area contributed by atoms with Crippen LogP contribution in [-0.4, -0.2) is 0 Å². The van der Waals surface area contributed by atoms with Crippen LogP contribution in [0.3, 0.4) is 0 Å². The van der Waals surface area contributed by atoms with E-state index in [1.54, 1.807) is 0 Å². The van der Waals surface area contributed by atoms with Gasteiger partial charge in [0.1, 0.15) is 28.7 Å². The maximum Gasteiger partial charge on any atom is 0.530 e. The number of rotatable bonds is 16. The Hall–Kier alpha value is -4.86. The molecule has 6 aromatic rings. The van der Waals surface area contributed by atoms with Crippen LogP contribution in [0.5, 0.6) is 28.7 Å². The largest absolute Gasteiger partial charge is 0.530 e. The minimum atomic E-state index is -2.01. The molecule has 6 aromatic carbocycles. The van der Waals surface area contributed by atoms with E-state index in [1.807, 2.05) is 24.3 Å². The van der Waals surface area contributed by atoms with Gasteiger partial charge in [0, 0.05) is 5.56 Å². The lowest BCUT2D eigenvalue weighted by Gasteiger charge is -2.29. The molecule has 63 heavy (non-hydrogen) atoms. The summed E-state index contributed by atoms with van der Waals surface area (Å²) in [7, 11) is -3.92. The summed E-state index contributed by atoms with van der Waals surface area (Å²) in [4.78, 5) is 0. The summed E-state index contributed by atoms with van der Waals surface area (Å²) >= 11 is 0. The van der Waals surface area contributed by atoms with E-state index < -0.39 is 17.2 Å². The van der Waals surface area contributed by atoms with Gasteiger partial charge < -0.3 is 22.6 Å². The van der Waals surface area contributed by atoms with Gasteiger partial charge in [0.05, 0.1) is 6.61 Å². The molecular formula is C55H66O6P2. The van der Waals surface area contributed by atoms with Gasteiger partial charge in [-0.1, -0.05) is 111 Å². The zero-order chi connectivity index (χ0) is 45.9. The fourth-order valence-corrected chi connectivity index (χ4v) is 10.3. The summed E-state index contributed by atoms with van der Waals surface area (Å²) in [5.74, 6) is 3.96. The smallest absolute Gasteiger partial charge is 0.417 e. The highest BCUT2D eigenvalue weighted by atomic mass is 31.2. The van der Waals surface area contributed by atoms with E-state index in [4.69, 9.17) is 27.1 Å². The zero-order valence-corrected chi connectivity index (χ0v) is 42.1. The van der Waals surface area contributed by atoms with E-state index in [2.05, 4.69) is 171 Å². The number of benzene rings is 6.